The minimum Gasteiger partial charge on any atom is -0.464 e. The average Bonchev–Trinajstić information content (AvgIpc) is 2.07. The second-order valence-electron chi connectivity index (χ2n) is 2.60. The van der Waals surface area contributed by atoms with E-state index in [2.05, 4.69) is 4.74 Å². The normalized spacial score (nSPS) is 15.3. The molecular formula is C8H17NO3. The van der Waals surface area contributed by atoms with Crippen molar-refractivity contribution in [3.63, 3.8) is 0 Å². The van der Waals surface area contributed by atoms with Crippen LogP contribution in [0.2, 0.25) is 0 Å². The fourth-order valence-corrected chi connectivity index (χ4v) is 0.939. The summed E-state index contributed by atoms with van der Waals surface area (Å²) < 4.78 is 4.64. The molecule has 4 nitrogen and oxygen atoms in total. The maximum atomic E-state index is 11.0. The van der Waals surface area contributed by atoms with E-state index in [4.69, 9.17) is 5.73 Å². The van der Waals surface area contributed by atoms with Gasteiger partial charge in [0.2, 0.25) is 0 Å². The fourth-order valence-electron chi connectivity index (χ4n) is 0.939. The van der Waals surface area contributed by atoms with E-state index in [1.54, 1.807) is 6.92 Å². The SMILES string of the molecule is CCOC(=O)C(O)C(CC)CN. The third-order valence-electron chi connectivity index (χ3n) is 1.80. The Hall–Kier alpha value is -0.610. The molecule has 0 rings (SSSR count). The largest absolute Gasteiger partial charge is 0.464 e. The first-order valence-electron chi connectivity index (χ1n) is 4.22. The number of aliphatic hydroxyl groups excluding tert-OH is 1. The van der Waals surface area contributed by atoms with Crippen molar-refractivity contribution in [2.75, 3.05) is 13.2 Å². The molecule has 0 fully saturated rings. The highest BCUT2D eigenvalue weighted by molar-refractivity contribution is 5.74. The van der Waals surface area contributed by atoms with E-state index in [1.807, 2.05) is 6.92 Å². The standard InChI is InChI=1S/C8H17NO3/c1-3-6(5-9)7(10)8(11)12-4-2/h6-7,10H,3-5,9H2,1-2H3. The molecule has 0 radical (unpaired) electrons. The summed E-state index contributed by atoms with van der Waals surface area (Å²) in [4.78, 5) is 11.0. The summed E-state index contributed by atoms with van der Waals surface area (Å²) in [5.74, 6) is -0.765. The predicted octanol–water partition coefficient (Wildman–Crippen LogP) is -0.105. The van der Waals surface area contributed by atoms with Crippen molar-refractivity contribution in [3.05, 3.63) is 0 Å². The van der Waals surface area contributed by atoms with E-state index in [-0.39, 0.29) is 12.5 Å². The number of hydrogen-bond acceptors (Lipinski definition) is 4. The van der Waals surface area contributed by atoms with E-state index >= 15 is 0 Å². The lowest BCUT2D eigenvalue weighted by molar-refractivity contribution is -0.155. The Kier molecular flexibility index (Phi) is 5.66. The zero-order chi connectivity index (χ0) is 9.56. The van der Waals surface area contributed by atoms with E-state index in [1.165, 1.54) is 0 Å². The van der Waals surface area contributed by atoms with Crippen molar-refractivity contribution in [2.24, 2.45) is 11.7 Å². The molecule has 0 aromatic carbocycles. The number of esters is 1. The third kappa shape index (κ3) is 3.19. The van der Waals surface area contributed by atoms with E-state index in [0.29, 0.717) is 13.0 Å². The summed E-state index contributed by atoms with van der Waals surface area (Å²) in [7, 11) is 0. The van der Waals surface area contributed by atoms with Gasteiger partial charge in [-0.3, -0.25) is 0 Å². The summed E-state index contributed by atoms with van der Waals surface area (Å²) in [6.07, 6.45) is -0.392. The van der Waals surface area contributed by atoms with Crippen molar-refractivity contribution < 1.29 is 14.6 Å². The molecule has 3 N–H and O–H groups in total. The molecule has 0 aliphatic carbocycles. The highest BCUT2D eigenvalue weighted by atomic mass is 16.5. The Balaban J connectivity index is 3.96. The number of ether oxygens (including phenoxy) is 1. The van der Waals surface area contributed by atoms with Crippen molar-refractivity contribution in [1.29, 1.82) is 0 Å². The van der Waals surface area contributed by atoms with Crippen LogP contribution in [0.15, 0.2) is 0 Å². The van der Waals surface area contributed by atoms with Crippen molar-refractivity contribution in [2.45, 2.75) is 26.4 Å². The Morgan fingerprint density at radius 1 is 1.58 bits per heavy atom. The van der Waals surface area contributed by atoms with Gasteiger partial charge >= 0.3 is 5.97 Å². The molecule has 0 saturated carbocycles. The monoisotopic (exact) mass is 175 g/mol. The first-order chi connectivity index (χ1) is 5.67. The molecule has 0 aliphatic heterocycles. The van der Waals surface area contributed by atoms with Gasteiger partial charge in [-0.15, -0.1) is 0 Å². The lowest BCUT2D eigenvalue weighted by atomic mass is 10.00. The molecule has 0 aromatic heterocycles. The highest BCUT2D eigenvalue weighted by Crippen LogP contribution is 2.08. The number of carbonyl (C=O) groups excluding carboxylic acids is 1. The Morgan fingerprint density at radius 2 is 2.17 bits per heavy atom. The Morgan fingerprint density at radius 3 is 2.50 bits per heavy atom. The number of hydrogen-bond donors (Lipinski definition) is 2. The highest BCUT2D eigenvalue weighted by Gasteiger charge is 2.24. The van der Waals surface area contributed by atoms with Gasteiger partial charge in [-0.1, -0.05) is 6.92 Å². The van der Waals surface area contributed by atoms with Gasteiger partial charge in [0, 0.05) is 5.92 Å². The van der Waals surface area contributed by atoms with Gasteiger partial charge in [0.05, 0.1) is 6.61 Å². The molecule has 4 heteroatoms. The zero-order valence-electron chi connectivity index (χ0n) is 7.62. The van der Waals surface area contributed by atoms with Gasteiger partial charge in [-0.2, -0.15) is 0 Å². The van der Waals surface area contributed by atoms with Crippen LogP contribution in [-0.2, 0) is 9.53 Å². The minimum atomic E-state index is -1.07. The first kappa shape index (κ1) is 11.4. The Bertz CT molecular complexity index is 134. The molecule has 12 heavy (non-hydrogen) atoms. The molecule has 0 saturated heterocycles. The lowest BCUT2D eigenvalue weighted by Gasteiger charge is -2.17. The molecule has 0 spiro atoms. The molecule has 0 heterocycles. The quantitative estimate of drug-likeness (QED) is 0.572. The topological polar surface area (TPSA) is 72.5 Å². The Labute approximate surface area is 72.7 Å². The summed E-state index contributed by atoms with van der Waals surface area (Å²) in [6.45, 7) is 4.17. The van der Waals surface area contributed by atoms with Gasteiger partial charge < -0.3 is 15.6 Å². The zero-order valence-corrected chi connectivity index (χ0v) is 7.62. The van der Waals surface area contributed by atoms with E-state index in [0.717, 1.165) is 0 Å². The van der Waals surface area contributed by atoms with Gasteiger partial charge in [-0.25, -0.2) is 4.79 Å². The van der Waals surface area contributed by atoms with Crippen LogP contribution < -0.4 is 5.73 Å². The van der Waals surface area contributed by atoms with Crippen molar-refractivity contribution in [1.82, 2.24) is 0 Å². The number of nitrogens with two attached hydrogens (primary N) is 1. The van der Waals surface area contributed by atoms with Crippen LogP contribution in [0.1, 0.15) is 20.3 Å². The summed E-state index contributed by atoms with van der Waals surface area (Å²) >= 11 is 0. The van der Waals surface area contributed by atoms with Gasteiger partial charge in [-0.05, 0) is 19.9 Å². The second-order valence-corrected chi connectivity index (χ2v) is 2.60. The van der Waals surface area contributed by atoms with Crippen LogP contribution in [0.4, 0.5) is 0 Å². The van der Waals surface area contributed by atoms with Crippen LogP contribution >= 0.6 is 0 Å². The second kappa shape index (κ2) is 5.97. The van der Waals surface area contributed by atoms with Crippen LogP contribution in [0.3, 0.4) is 0 Å². The predicted molar refractivity (Wildman–Crippen MR) is 45.5 cm³/mol. The average molecular weight is 175 g/mol. The molecule has 0 aliphatic rings. The minimum absolute atomic E-state index is 0.191. The van der Waals surface area contributed by atoms with Crippen LogP contribution in [-0.4, -0.2) is 30.3 Å². The van der Waals surface area contributed by atoms with Gasteiger partial charge in [0.1, 0.15) is 0 Å². The maximum Gasteiger partial charge on any atom is 0.335 e. The lowest BCUT2D eigenvalue weighted by Crippen LogP contribution is -2.35. The van der Waals surface area contributed by atoms with E-state index in [9.17, 15) is 9.90 Å². The van der Waals surface area contributed by atoms with Crippen molar-refractivity contribution >= 4 is 5.97 Å². The van der Waals surface area contributed by atoms with Crippen LogP contribution in [0.5, 0.6) is 0 Å². The maximum absolute atomic E-state index is 11.0. The van der Waals surface area contributed by atoms with Crippen LogP contribution in [0.25, 0.3) is 0 Å². The molecule has 0 amide bonds. The summed E-state index contributed by atoms with van der Waals surface area (Å²) in [5.41, 5.74) is 5.35. The molecule has 2 atom stereocenters. The summed E-state index contributed by atoms with van der Waals surface area (Å²) in [6, 6.07) is 0. The fraction of sp³-hybridized carbons (Fsp3) is 0.875. The number of rotatable bonds is 5. The van der Waals surface area contributed by atoms with Crippen LogP contribution in [0, 0.1) is 5.92 Å². The smallest absolute Gasteiger partial charge is 0.335 e. The number of carbonyl (C=O) groups is 1. The van der Waals surface area contributed by atoms with Crippen molar-refractivity contribution in [3.8, 4) is 0 Å². The van der Waals surface area contributed by atoms with Gasteiger partial charge in [0.25, 0.3) is 0 Å². The number of aliphatic hydroxyl groups is 1. The molecule has 0 aromatic rings. The van der Waals surface area contributed by atoms with Gasteiger partial charge in [0.15, 0.2) is 6.10 Å². The summed E-state index contributed by atoms with van der Waals surface area (Å²) in [5, 5.41) is 9.35. The molecular weight excluding hydrogens is 158 g/mol. The molecule has 0 bridgehead atoms. The first-order valence-corrected chi connectivity index (χ1v) is 4.22. The molecule has 2 unspecified atom stereocenters. The van der Waals surface area contributed by atoms with E-state index < -0.39 is 12.1 Å². The third-order valence-corrected chi connectivity index (χ3v) is 1.80. The molecule has 72 valence electrons.